The fraction of sp³-hybridized carbons (Fsp3) is 0.909. The SMILES string of the molecule is CCNC1CCCN(CCN(C)C)C1=O. The maximum Gasteiger partial charge on any atom is 0.239 e. The lowest BCUT2D eigenvalue weighted by Gasteiger charge is -2.33. The predicted octanol–water partition coefficient (Wildman–Crippen LogP) is 0.149. The first-order valence-electron chi connectivity index (χ1n) is 5.82. The number of carbonyl (C=O) groups is 1. The molecule has 1 amide bonds. The van der Waals surface area contributed by atoms with Crippen LogP contribution in [0.15, 0.2) is 0 Å². The molecule has 0 aromatic carbocycles. The van der Waals surface area contributed by atoms with E-state index in [-0.39, 0.29) is 11.9 Å². The molecule has 0 saturated carbocycles. The summed E-state index contributed by atoms with van der Waals surface area (Å²) in [4.78, 5) is 16.1. The monoisotopic (exact) mass is 213 g/mol. The highest BCUT2D eigenvalue weighted by atomic mass is 16.2. The van der Waals surface area contributed by atoms with Gasteiger partial charge in [0, 0.05) is 19.6 Å². The Morgan fingerprint density at radius 3 is 2.87 bits per heavy atom. The summed E-state index contributed by atoms with van der Waals surface area (Å²) in [6.07, 6.45) is 2.11. The number of amides is 1. The van der Waals surface area contributed by atoms with Crippen LogP contribution in [0.5, 0.6) is 0 Å². The van der Waals surface area contributed by atoms with Gasteiger partial charge in [0.2, 0.25) is 5.91 Å². The molecule has 0 bridgehead atoms. The normalized spacial score (nSPS) is 22.5. The van der Waals surface area contributed by atoms with Gasteiger partial charge in [0.1, 0.15) is 0 Å². The van der Waals surface area contributed by atoms with Crippen LogP contribution in [0.4, 0.5) is 0 Å². The van der Waals surface area contributed by atoms with Crippen LogP contribution in [0.3, 0.4) is 0 Å². The van der Waals surface area contributed by atoms with Gasteiger partial charge < -0.3 is 15.1 Å². The Morgan fingerprint density at radius 2 is 2.27 bits per heavy atom. The molecule has 4 nitrogen and oxygen atoms in total. The zero-order chi connectivity index (χ0) is 11.3. The second kappa shape index (κ2) is 6.08. The molecule has 1 N–H and O–H groups in total. The topological polar surface area (TPSA) is 35.6 Å². The fourth-order valence-electron chi connectivity index (χ4n) is 1.92. The van der Waals surface area contributed by atoms with Gasteiger partial charge in [-0.25, -0.2) is 0 Å². The van der Waals surface area contributed by atoms with Crippen LogP contribution in [0.2, 0.25) is 0 Å². The molecular formula is C11H23N3O. The first kappa shape index (κ1) is 12.5. The van der Waals surface area contributed by atoms with Crippen molar-refractivity contribution in [3.63, 3.8) is 0 Å². The fourth-order valence-corrected chi connectivity index (χ4v) is 1.92. The Labute approximate surface area is 92.6 Å². The largest absolute Gasteiger partial charge is 0.340 e. The Morgan fingerprint density at radius 1 is 1.53 bits per heavy atom. The second-order valence-electron chi connectivity index (χ2n) is 4.38. The van der Waals surface area contributed by atoms with E-state index in [9.17, 15) is 4.79 Å². The van der Waals surface area contributed by atoms with Crippen LogP contribution in [0, 0.1) is 0 Å². The highest BCUT2D eigenvalue weighted by molar-refractivity contribution is 5.82. The molecular weight excluding hydrogens is 190 g/mol. The molecule has 1 rings (SSSR count). The number of hydrogen-bond acceptors (Lipinski definition) is 3. The third-order valence-electron chi connectivity index (χ3n) is 2.80. The highest BCUT2D eigenvalue weighted by Crippen LogP contribution is 2.11. The minimum atomic E-state index is 0.0610. The minimum Gasteiger partial charge on any atom is -0.340 e. The summed E-state index contributed by atoms with van der Waals surface area (Å²) in [6.45, 7) is 5.65. The van der Waals surface area contributed by atoms with Gasteiger partial charge >= 0.3 is 0 Å². The van der Waals surface area contributed by atoms with Crippen molar-refractivity contribution in [1.82, 2.24) is 15.1 Å². The minimum absolute atomic E-state index is 0.0610. The van der Waals surface area contributed by atoms with Crippen LogP contribution in [0.25, 0.3) is 0 Å². The molecule has 0 aromatic rings. The highest BCUT2D eigenvalue weighted by Gasteiger charge is 2.27. The smallest absolute Gasteiger partial charge is 0.239 e. The lowest BCUT2D eigenvalue weighted by atomic mass is 10.0. The summed E-state index contributed by atoms with van der Waals surface area (Å²) < 4.78 is 0. The summed E-state index contributed by atoms with van der Waals surface area (Å²) >= 11 is 0. The van der Waals surface area contributed by atoms with Crippen molar-refractivity contribution in [3.8, 4) is 0 Å². The number of hydrogen-bond donors (Lipinski definition) is 1. The summed E-state index contributed by atoms with van der Waals surface area (Å²) in [5.41, 5.74) is 0. The van der Waals surface area contributed by atoms with Crippen molar-refractivity contribution in [2.45, 2.75) is 25.8 Å². The lowest BCUT2D eigenvalue weighted by molar-refractivity contribution is -0.136. The first-order valence-corrected chi connectivity index (χ1v) is 5.82. The molecule has 15 heavy (non-hydrogen) atoms. The quantitative estimate of drug-likeness (QED) is 0.706. The van der Waals surface area contributed by atoms with Crippen molar-refractivity contribution in [2.75, 3.05) is 40.3 Å². The number of likely N-dealkylation sites (tertiary alicyclic amines) is 1. The summed E-state index contributed by atoms with van der Waals surface area (Å²) in [5, 5.41) is 3.25. The van der Waals surface area contributed by atoms with Gasteiger partial charge in [-0.1, -0.05) is 6.92 Å². The van der Waals surface area contributed by atoms with E-state index in [2.05, 4.69) is 10.2 Å². The van der Waals surface area contributed by atoms with E-state index in [1.54, 1.807) is 0 Å². The summed E-state index contributed by atoms with van der Waals surface area (Å²) in [6, 6.07) is 0.0610. The van der Waals surface area contributed by atoms with Gasteiger partial charge in [-0.3, -0.25) is 4.79 Å². The van der Waals surface area contributed by atoms with Gasteiger partial charge in [-0.15, -0.1) is 0 Å². The number of likely N-dealkylation sites (N-methyl/N-ethyl adjacent to an activating group) is 2. The number of carbonyl (C=O) groups excluding carboxylic acids is 1. The van der Waals surface area contributed by atoms with Gasteiger partial charge in [-0.2, -0.15) is 0 Å². The van der Waals surface area contributed by atoms with E-state index in [4.69, 9.17) is 0 Å². The number of rotatable bonds is 5. The van der Waals surface area contributed by atoms with Crippen LogP contribution >= 0.6 is 0 Å². The molecule has 1 aliphatic heterocycles. The first-order chi connectivity index (χ1) is 7.15. The zero-order valence-corrected chi connectivity index (χ0v) is 10.1. The van der Waals surface area contributed by atoms with E-state index in [0.29, 0.717) is 0 Å². The average molecular weight is 213 g/mol. The maximum absolute atomic E-state index is 12.0. The zero-order valence-electron chi connectivity index (χ0n) is 10.1. The molecule has 0 aromatic heterocycles. The molecule has 1 atom stereocenters. The van der Waals surface area contributed by atoms with Gasteiger partial charge in [0.05, 0.1) is 6.04 Å². The summed E-state index contributed by atoms with van der Waals surface area (Å²) in [5.74, 6) is 0.282. The Bertz CT molecular complexity index is 204. The maximum atomic E-state index is 12.0. The predicted molar refractivity (Wildman–Crippen MR) is 61.8 cm³/mol. The van der Waals surface area contributed by atoms with Gasteiger partial charge in [-0.05, 0) is 33.5 Å². The van der Waals surface area contributed by atoms with E-state index < -0.39 is 0 Å². The van der Waals surface area contributed by atoms with Crippen LogP contribution in [0.1, 0.15) is 19.8 Å². The lowest BCUT2D eigenvalue weighted by Crippen LogP contribution is -2.51. The van der Waals surface area contributed by atoms with Gasteiger partial charge in [0.25, 0.3) is 0 Å². The number of nitrogens with one attached hydrogen (secondary N) is 1. The standard InChI is InChI=1S/C11H23N3O/c1-4-12-10-6-5-7-14(11(10)15)9-8-13(2)3/h10,12H,4-9H2,1-3H3. The van der Waals surface area contributed by atoms with Crippen LogP contribution < -0.4 is 5.32 Å². The molecule has 1 heterocycles. The van der Waals surface area contributed by atoms with Crippen molar-refractivity contribution in [2.24, 2.45) is 0 Å². The van der Waals surface area contributed by atoms with Crippen LogP contribution in [-0.4, -0.2) is 62.0 Å². The third-order valence-corrected chi connectivity index (χ3v) is 2.80. The van der Waals surface area contributed by atoms with Gasteiger partial charge in [0.15, 0.2) is 0 Å². The molecule has 1 saturated heterocycles. The molecule has 4 heteroatoms. The molecule has 0 aliphatic carbocycles. The Balaban J connectivity index is 2.40. The number of piperidine rings is 1. The Kier molecular flexibility index (Phi) is 5.05. The molecule has 0 radical (unpaired) electrons. The Hall–Kier alpha value is -0.610. The molecule has 0 spiro atoms. The molecule has 1 fully saturated rings. The number of nitrogens with zero attached hydrogens (tertiary/aromatic N) is 2. The third kappa shape index (κ3) is 3.80. The van der Waals surface area contributed by atoms with E-state index in [0.717, 1.165) is 39.0 Å². The van der Waals surface area contributed by atoms with E-state index in [1.165, 1.54) is 0 Å². The van der Waals surface area contributed by atoms with Crippen molar-refractivity contribution in [1.29, 1.82) is 0 Å². The van der Waals surface area contributed by atoms with E-state index in [1.807, 2.05) is 25.9 Å². The molecule has 1 unspecified atom stereocenters. The van der Waals surface area contributed by atoms with E-state index >= 15 is 0 Å². The van der Waals surface area contributed by atoms with Crippen molar-refractivity contribution < 1.29 is 4.79 Å². The van der Waals surface area contributed by atoms with Crippen molar-refractivity contribution >= 4 is 5.91 Å². The molecule has 88 valence electrons. The van der Waals surface area contributed by atoms with Crippen molar-refractivity contribution in [3.05, 3.63) is 0 Å². The average Bonchev–Trinajstić information content (AvgIpc) is 2.19. The summed E-state index contributed by atoms with van der Waals surface area (Å²) in [7, 11) is 4.08. The second-order valence-corrected chi connectivity index (χ2v) is 4.38. The van der Waals surface area contributed by atoms with Crippen LogP contribution in [-0.2, 0) is 4.79 Å². The molecule has 1 aliphatic rings.